The van der Waals surface area contributed by atoms with Gasteiger partial charge in [0.2, 0.25) is 11.9 Å². The molecule has 13 nitrogen and oxygen atoms in total. The van der Waals surface area contributed by atoms with Crippen LogP contribution in [0.4, 0.5) is 71.3 Å². The number of benzene rings is 2. The highest BCUT2D eigenvalue weighted by Gasteiger charge is 2.54. The van der Waals surface area contributed by atoms with Crippen molar-refractivity contribution < 1.29 is 45.5 Å². The number of nitrogens with one attached hydrogen (secondary N) is 4. The minimum absolute atomic E-state index is 0.0433. The number of alkyl halides is 6. The van der Waals surface area contributed by atoms with Crippen LogP contribution in [0.3, 0.4) is 0 Å². The van der Waals surface area contributed by atoms with Crippen molar-refractivity contribution in [2.75, 3.05) is 34.4 Å². The fraction of sp³-hybridized carbons (Fsp3) is 0.257. The summed E-state index contributed by atoms with van der Waals surface area (Å²) in [6, 6.07) is 14.3. The Morgan fingerprint density at radius 2 is 1.65 bits per heavy atom. The molecule has 1 saturated heterocycles. The summed E-state index contributed by atoms with van der Waals surface area (Å²) >= 11 is 6.37. The third kappa shape index (κ3) is 10.9. The van der Waals surface area contributed by atoms with Crippen molar-refractivity contribution in [1.29, 1.82) is 0 Å². The zero-order valence-corrected chi connectivity index (χ0v) is 28.9. The second-order valence-corrected chi connectivity index (χ2v) is 12.6. The van der Waals surface area contributed by atoms with Crippen LogP contribution in [-0.2, 0) is 27.2 Å². The average Bonchev–Trinajstić information content (AvgIpc) is 3.60. The highest BCUT2D eigenvalue weighted by atomic mass is 35.5. The van der Waals surface area contributed by atoms with Crippen molar-refractivity contribution in [3.63, 3.8) is 0 Å². The first kappa shape index (κ1) is 39.9. The maximum atomic E-state index is 13.2. The molecule has 2 aliphatic heterocycles. The number of pyridine rings is 1. The summed E-state index contributed by atoms with van der Waals surface area (Å²) in [5.41, 5.74) is 5.30. The Balaban J connectivity index is 0.000000418. The molecule has 0 radical (unpaired) electrons. The third-order valence-electron chi connectivity index (χ3n) is 8.12. The van der Waals surface area contributed by atoms with Gasteiger partial charge >= 0.3 is 30.0 Å². The minimum atomic E-state index is -5.77. The van der Waals surface area contributed by atoms with Gasteiger partial charge in [-0.15, -0.1) is 0 Å². The summed E-state index contributed by atoms with van der Waals surface area (Å²) in [6.45, 7) is 8.20. The summed E-state index contributed by atoms with van der Waals surface area (Å²) < 4.78 is 67.0. The molecule has 2 aromatic carbocycles. The molecule has 0 spiro atoms. The number of aromatic nitrogens is 3. The minimum Gasteiger partial charge on any atom is -0.339 e. The van der Waals surface area contributed by atoms with Gasteiger partial charge in [0, 0.05) is 42.8 Å². The van der Waals surface area contributed by atoms with Crippen molar-refractivity contribution in [2.45, 2.75) is 38.0 Å². The predicted octanol–water partition coefficient (Wildman–Crippen LogP) is 7.79. The summed E-state index contributed by atoms with van der Waals surface area (Å²) in [5, 5.41) is 12.8. The average molecular weight is 788 g/mol. The molecule has 6 rings (SSSR count). The molecule has 2 aliphatic rings. The van der Waals surface area contributed by atoms with Crippen LogP contribution in [0.1, 0.15) is 24.0 Å². The SMILES string of the molecule is O=C(C(=O)C(F)(F)F)C(F)(F)F.[C-]#[N+]c1cccc(NC(=O)N2CC[C@@H](CC(=O)Nc3ccc4cc3CCc3cncc(c3)Nc3ncc(Cl)c(n3)N4)C2)c1. The lowest BCUT2D eigenvalue weighted by atomic mass is 10.0. The lowest BCUT2D eigenvalue weighted by Crippen LogP contribution is -2.39. The number of amides is 3. The van der Waals surface area contributed by atoms with Crippen molar-refractivity contribution in [2.24, 2.45) is 5.92 Å². The molecule has 4 aromatic rings. The van der Waals surface area contributed by atoms with Gasteiger partial charge in [-0.05, 0) is 72.7 Å². The fourth-order valence-corrected chi connectivity index (χ4v) is 5.65. The van der Waals surface area contributed by atoms with Gasteiger partial charge in [-0.3, -0.25) is 19.4 Å². The van der Waals surface area contributed by atoms with Gasteiger partial charge in [0.25, 0.3) is 0 Å². The van der Waals surface area contributed by atoms with E-state index in [2.05, 4.69) is 41.1 Å². The number of carbonyl (C=O) groups excluding carboxylic acids is 4. The number of anilines is 6. The van der Waals surface area contributed by atoms with Crippen LogP contribution in [0.15, 0.2) is 67.1 Å². The molecule has 4 N–H and O–H groups in total. The van der Waals surface area contributed by atoms with E-state index < -0.39 is 23.9 Å². The summed E-state index contributed by atoms with van der Waals surface area (Å²) in [7, 11) is 0. The Bertz CT molecular complexity index is 2140. The van der Waals surface area contributed by atoms with Crippen LogP contribution in [-0.4, -0.2) is 68.8 Å². The maximum absolute atomic E-state index is 13.2. The number of hydrogen-bond acceptors (Lipinski definition) is 9. The first-order chi connectivity index (χ1) is 26.0. The third-order valence-corrected chi connectivity index (χ3v) is 8.39. The van der Waals surface area contributed by atoms with E-state index in [1.807, 2.05) is 30.5 Å². The molecule has 55 heavy (non-hydrogen) atoms. The zero-order chi connectivity index (χ0) is 39.9. The number of rotatable bonds is 5. The Morgan fingerprint density at radius 1 is 0.909 bits per heavy atom. The van der Waals surface area contributed by atoms with Crippen molar-refractivity contribution >= 4 is 75.3 Å². The maximum Gasteiger partial charge on any atom is 0.458 e. The Kier molecular flexibility index (Phi) is 12.2. The monoisotopic (exact) mass is 787 g/mol. The number of hydrogen-bond donors (Lipinski definition) is 4. The normalized spacial score (nSPS) is 14.9. The lowest BCUT2D eigenvalue weighted by molar-refractivity contribution is -0.193. The Labute approximate surface area is 313 Å². The van der Waals surface area contributed by atoms with E-state index in [1.165, 1.54) is 6.20 Å². The van der Waals surface area contributed by atoms with Gasteiger partial charge in [-0.25, -0.2) is 14.6 Å². The van der Waals surface area contributed by atoms with E-state index >= 15 is 0 Å². The standard InChI is InChI=1S/C31H28ClN9O2.C4F6O2/c1-33-22-3-2-4-23(14-22)38-31(43)41-10-9-20(18-41)12-28(42)39-27-8-7-24-13-21(27)6-5-19-11-25(16-34-15-19)37-30-35-17-26(32)29(36-24)40-30;5-3(6,7)1(11)2(12)4(8,9)10/h2-4,7-8,11,13-17,20H,5-6,9-10,12,18H2,(H,38,43)(H,39,42)(H2,35,36,37,40);/t20-;/m0./s1. The van der Waals surface area contributed by atoms with Crippen LogP contribution < -0.4 is 21.3 Å². The van der Waals surface area contributed by atoms with Gasteiger partial charge in [0.05, 0.1) is 24.7 Å². The molecule has 2 aromatic heterocycles. The fourth-order valence-electron chi connectivity index (χ4n) is 5.51. The number of aryl methyl sites for hydroxylation is 2. The van der Waals surface area contributed by atoms with E-state index in [0.717, 1.165) is 34.6 Å². The van der Waals surface area contributed by atoms with Crippen molar-refractivity contribution in [3.8, 4) is 0 Å². The molecule has 286 valence electrons. The van der Waals surface area contributed by atoms with Gasteiger partial charge in [0.15, 0.2) is 11.5 Å². The lowest BCUT2D eigenvalue weighted by Gasteiger charge is -2.18. The van der Waals surface area contributed by atoms with Gasteiger partial charge in [0.1, 0.15) is 5.02 Å². The van der Waals surface area contributed by atoms with Crippen LogP contribution >= 0.6 is 11.6 Å². The molecule has 6 bridgehead atoms. The highest BCUT2D eigenvalue weighted by Crippen LogP contribution is 2.30. The molecular weight excluding hydrogens is 760 g/mol. The molecule has 20 heteroatoms. The van der Waals surface area contributed by atoms with Crippen LogP contribution in [0.25, 0.3) is 4.85 Å². The molecule has 0 saturated carbocycles. The van der Waals surface area contributed by atoms with Crippen LogP contribution in [0.5, 0.6) is 0 Å². The van der Waals surface area contributed by atoms with E-state index in [4.69, 9.17) is 18.2 Å². The van der Waals surface area contributed by atoms with Crippen molar-refractivity contribution in [1.82, 2.24) is 19.9 Å². The number of ketones is 2. The Hall–Kier alpha value is -6.29. The van der Waals surface area contributed by atoms with Gasteiger partial charge in [-0.2, -0.15) is 31.3 Å². The van der Waals surface area contributed by atoms with Crippen LogP contribution in [0, 0.1) is 12.5 Å². The van der Waals surface area contributed by atoms with Gasteiger partial charge in [-0.1, -0.05) is 23.7 Å². The second kappa shape index (κ2) is 16.8. The number of likely N-dealkylation sites (tertiary alicyclic amines) is 1. The largest absolute Gasteiger partial charge is 0.458 e. The highest BCUT2D eigenvalue weighted by molar-refractivity contribution is 6.41. The van der Waals surface area contributed by atoms with Crippen LogP contribution in [0.2, 0.25) is 5.02 Å². The van der Waals surface area contributed by atoms with E-state index in [1.54, 1.807) is 35.4 Å². The topological polar surface area (TPSA) is 163 Å². The van der Waals surface area contributed by atoms with Gasteiger partial charge < -0.3 is 26.2 Å². The smallest absolute Gasteiger partial charge is 0.339 e. The summed E-state index contributed by atoms with van der Waals surface area (Å²) in [4.78, 5) is 63.4. The number of carbonyl (C=O) groups is 4. The number of halogens is 7. The predicted molar refractivity (Wildman–Crippen MR) is 188 cm³/mol. The second-order valence-electron chi connectivity index (χ2n) is 12.2. The zero-order valence-electron chi connectivity index (χ0n) is 28.2. The number of urea groups is 1. The molecule has 0 aliphatic carbocycles. The number of Topliss-reactive ketones (excluding diaryl/α,β-unsaturated/α-hetero) is 2. The first-order valence-corrected chi connectivity index (χ1v) is 16.6. The molecular formula is C35H28ClF6N9O4. The molecule has 3 amide bonds. The van der Waals surface area contributed by atoms with E-state index in [9.17, 15) is 45.5 Å². The van der Waals surface area contributed by atoms with E-state index in [-0.39, 0.29) is 17.9 Å². The number of nitrogens with zero attached hydrogens (tertiary/aromatic N) is 5. The summed E-state index contributed by atoms with van der Waals surface area (Å²) in [6.07, 6.45) is -4.07. The number of fused-ring (bicyclic) bond motifs is 6. The van der Waals surface area contributed by atoms with Crippen molar-refractivity contribution in [3.05, 3.63) is 94.7 Å². The first-order valence-electron chi connectivity index (χ1n) is 16.2. The molecule has 1 fully saturated rings. The quantitative estimate of drug-likeness (QED) is 0.0899. The molecule has 4 heterocycles. The Morgan fingerprint density at radius 3 is 2.36 bits per heavy atom. The van der Waals surface area contributed by atoms with E-state index in [0.29, 0.717) is 60.5 Å². The molecule has 1 atom stereocenters. The summed E-state index contributed by atoms with van der Waals surface area (Å²) in [5.74, 6) is -6.02. The molecule has 0 unspecified atom stereocenters.